The molecule has 1 aromatic carbocycles. The Hall–Kier alpha value is -1.90. The maximum Gasteiger partial charge on any atom is 0.155 e. The molecule has 0 unspecified atom stereocenters. The normalized spacial score (nSPS) is 11.3. The van der Waals surface area contributed by atoms with Crippen molar-refractivity contribution in [1.29, 1.82) is 0 Å². The van der Waals surface area contributed by atoms with Gasteiger partial charge < -0.3 is 0 Å². The average Bonchev–Trinajstić information content (AvgIpc) is 2.63. The monoisotopic (exact) mass is 197 g/mol. The highest BCUT2D eigenvalue weighted by Gasteiger charge is 2.02. The maximum atomic E-state index is 4.52. The molecule has 3 heteroatoms. The first-order valence-electron chi connectivity index (χ1n) is 4.95. The molecular formula is C12H11N3. The van der Waals surface area contributed by atoms with Crippen LogP contribution in [0.1, 0.15) is 11.1 Å². The molecule has 0 saturated heterocycles. The molecule has 0 radical (unpaired) electrons. The minimum Gasteiger partial charge on any atom is -0.261 e. The summed E-state index contributed by atoms with van der Waals surface area (Å²) in [6, 6.07) is 6.41. The zero-order valence-corrected chi connectivity index (χ0v) is 8.70. The number of nitrogens with zero attached hydrogens (tertiary/aromatic N) is 2. The SMILES string of the molecule is Cc1cc2cc3cn[nH]c3nc2cc1C. The molecule has 0 aliphatic heterocycles. The summed E-state index contributed by atoms with van der Waals surface area (Å²) < 4.78 is 0. The van der Waals surface area contributed by atoms with E-state index in [1.54, 1.807) is 6.20 Å². The van der Waals surface area contributed by atoms with Crippen LogP contribution in [0, 0.1) is 13.8 Å². The summed E-state index contributed by atoms with van der Waals surface area (Å²) in [5.74, 6) is 0. The number of rotatable bonds is 0. The standard InChI is InChI=1S/C12H11N3/c1-7-3-9-5-10-6-13-15-12(10)14-11(9)4-8(7)2/h3-6H,1-2H3,(H,13,14,15). The summed E-state index contributed by atoms with van der Waals surface area (Å²) in [4.78, 5) is 4.52. The summed E-state index contributed by atoms with van der Waals surface area (Å²) in [7, 11) is 0. The summed E-state index contributed by atoms with van der Waals surface area (Å²) in [6.07, 6.45) is 1.80. The molecule has 2 aromatic heterocycles. The molecule has 0 fully saturated rings. The largest absolute Gasteiger partial charge is 0.261 e. The second-order valence-electron chi connectivity index (χ2n) is 3.93. The van der Waals surface area contributed by atoms with Crippen molar-refractivity contribution in [3.05, 3.63) is 35.5 Å². The molecule has 3 nitrogen and oxygen atoms in total. The molecule has 3 aromatic rings. The summed E-state index contributed by atoms with van der Waals surface area (Å²) in [5.41, 5.74) is 4.45. The fraction of sp³-hybridized carbons (Fsp3) is 0.167. The Balaban J connectivity index is 2.49. The van der Waals surface area contributed by atoms with Gasteiger partial charge in [-0.3, -0.25) is 5.10 Å². The van der Waals surface area contributed by atoms with Gasteiger partial charge in [0.05, 0.1) is 11.7 Å². The van der Waals surface area contributed by atoms with Crippen LogP contribution in [0.2, 0.25) is 0 Å². The van der Waals surface area contributed by atoms with Gasteiger partial charge in [0.2, 0.25) is 0 Å². The van der Waals surface area contributed by atoms with Gasteiger partial charge in [0, 0.05) is 10.8 Å². The lowest BCUT2D eigenvalue weighted by atomic mass is 10.1. The van der Waals surface area contributed by atoms with Crippen LogP contribution in [-0.4, -0.2) is 15.2 Å². The van der Waals surface area contributed by atoms with Crippen molar-refractivity contribution < 1.29 is 0 Å². The third-order valence-corrected chi connectivity index (χ3v) is 2.83. The summed E-state index contributed by atoms with van der Waals surface area (Å²) >= 11 is 0. The van der Waals surface area contributed by atoms with E-state index in [4.69, 9.17) is 0 Å². The van der Waals surface area contributed by atoms with Crippen LogP contribution in [0.5, 0.6) is 0 Å². The molecule has 0 amide bonds. The number of benzene rings is 1. The third kappa shape index (κ3) is 1.20. The van der Waals surface area contributed by atoms with Crippen LogP contribution in [0.4, 0.5) is 0 Å². The zero-order chi connectivity index (χ0) is 10.4. The van der Waals surface area contributed by atoms with Crippen molar-refractivity contribution in [2.45, 2.75) is 13.8 Å². The lowest BCUT2D eigenvalue weighted by Crippen LogP contribution is -1.85. The second-order valence-corrected chi connectivity index (χ2v) is 3.93. The molecule has 0 atom stereocenters. The van der Waals surface area contributed by atoms with E-state index in [2.05, 4.69) is 47.2 Å². The van der Waals surface area contributed by atoms with Gasteiger partial charge in [-0.15, -0.1) is 0 Å². The first kappa shape index (κ1) is 8.41. The smallest absolute Gasteiger partial charge is 0.155 e. The van der Waals surface area contributed by atoms with E-state index in [0.717, 1.165) is 16.6 Å². The molecule has 0 aliphatic carbocycles. The lowest BCUT2D eigenvalue weighted by Gasteiger charge is -2.02. The quantitative estimate of drug-likeness (QED) is 0.602. The van der Waals surface area contributed by atoms with E-state index in [0.29, 0.717) is 0 Å². The molecule has 3 rings (SSSR count). The summed E-state index contributed by atoms with van der Waals surface area (Å²) in [6.45, 7) is 4.22. The lowest BCUT2D eigenvalue weighted by molar-refractivity contribution is 1.10. The molecule has 0 spiro atoms. The number of hydrogen-bond donors (Lipinski definition) is 1. The topological polar surface area (TPSA) is 41.6 Å². The highest BCUT2D eigenvalue weighted by Crippen LogP contribution is 2.21. The Labute approximate surface area is 87.1 Å². The van der Waals surface area contributed by atoms with Gasteiger partial charge in [-0.2, -0.15) is 5.10 Å². The Morgan fingerprint density at radius 1 is 1.00 bits per heavy atom. The number of aromatic nitrogens is 3. The number of aryl methyl sites for hydroxylation is 2. The number of nitrogens with one attached hydrogen (secondary N) is 1. The average molecular weight is 197 g/mol. The molecule has 0 aliphatic rings. The Bertz CT molecular complexity index is 597. The fourth-order valence-electron chi connectivity index (χ4n) is 1.81. The molecule has 74 valence electrons. The van der Waals surface area contributed by atoms with Crippen molar-refractivity contribution in [2.75, 3.05) is 0 Å². The minimum absolute atomic E-state index is 0.853. The van der Waals surface area contributed by atoms with E-state index in [1.807, 2.05) is 0 Å². The van der Waals surface area contributed by atoms with E-state index in [1.165, 1.54) is 16.5 Å². The number of fused-ring (bicyclic) bond motifs is 2. The van der Waals surface area contributed by atoms with Crippen LogP contribution >= 0.6 is 0 Å². The first-order valence-corrected chi connectivity index (χ1v) is 4.95. The van der Waals surface area contributed by atoms with Gasteiger partial charge in [-0.1, -0.05) is 0 Å². The third-order valence-electron chi connectivity index (χ3n) is 2.83. The maximum absolute atomic E-state index is 4.52. The van der Waals surface area contributed by atoms with Gasteiger partial charge in [0.1, 0.15) is 0 Å². The van der Waals surface area contributed by atoms with Gasteiger partial charge >= 0.3 is 0 Å². The second kappa shape index (κ2) is 2.79. The van der Waals surface area contributed by atoms with E-state index in [-0.39, 0.29) is 0 Å². The number of H-pyrrole nitrogens is 1. The number of hydrogen-bond acceptors (Lipinski definition) is 2. The Morgan fingerprint density at radius 2 is 1.80 bits per heavy atom. The van der Waals surface area contributed by atoms with E-state index < -0.39 is 0 Å². The van der Waals surface area contributed by atoms with Crippen LogP contribution < -0.4 is 0 Å². The Kier molecular flexibility index (Phi) is 1.57. The molecule has 1 N–H and O–H groups in total. The molecule has 15 heavy (non-hydrogen) atoms. The van der Waals surface area contributed by atoms with Crippen LogP contribution in [-0.2, 0) is 0 Å². The predicted octanol–water partition coefficient (Wildman–Crippen LogP) is 2.73. The number of aromatic amines is 1. The highest BCUT2D eigenvalue weighted by atomic mass is 15.1. The van der Waals surface area contributed by atoms with Crippen LogP contribution in [0.25, 0.3) is 21.9 Å². The number of pyridine rings is 1. The highest BCUT2D eigenvalue weighted by molar-refractivity contribution is 5.91. The first-order chi connectivity index (χ1) is 7.24. The van der Waals surface area contributed by atoms with Gasteiger partial charge in [-0.05, 0) is 43.2 Å². The van der Waals surface area contributed by atoms with Crippen molar-refractivity contribution in [3.8, 4) is 0 Å². The van der Waals surface area contributed by atoms with E-state index >= 15 is 0 Å². The molecular weight excluding hydrogens is 186 g/mol. The van der Waals surface area contributed by atoms with Gasteiger partial charge in [0.15, 0.2) is 5.65 Å². The molecule has 2 heterocycles. The van der Waals surface area contributed by atoms with Crippen molar-refractivity contribution >= 4 is 21.9 Å². The fourth-order valence-corrected chi connectivity index (χ4v) is 1.81. The Morgan fingerprint density at radius 3 is 2.67 bits per heavy atom. The van der Waals surface area contributed by atoms with Gasteiger partial charge in [-0.25, -0.2) is 4.98 Å². The zero-order valence-electron chi connectivity index (χ0n) is 8.70. The molecule has 0 saturated carbocycles. The van der Waals surface area contributed by atoms with Crippen molar-refractivity contribution in [1.82, 2.24) is 15.2 Å². The van der Waals surface area contributed by atoms with E-state index in [9.17, 15) is 0 Å². The molecule has 0 bridgehead atoms. The minimum atomic E-state index is 0.853. The van der Waals surface area contributed by atoms with Crippen molar-refractivity contribution in [3.63, 3.8) is 0 Å². The van der Waals surface area contributed by atoms with Gasteiger partial charge in [0.25, 0.3) is 0 Å². The summed E-state index contributed by atoms with van der Waals surface area (Å²) in [5, 5.41) is 9.10. The van der Waals surface area contributed by atoms with Crippen molar-refractivity contribution in [2.24, 2.45) is 0 Å². The van der Waals surface area contributed by atoms with Crippen LogP contribution in [0.3, 0.4) is 0 Å². The van der Waals surface area contributed by atoms with Crippen LogP contribution in [0.15, 0.2) is 24.4 Å². The predicted molar refractivity (Wildman–Crippen MR) is 60.9 cm³/mol.